The fourth-order valence-corrected chi connectivity index (χ4v) is 5.82. The molecule has 4 amide bonds. The van der Waals surface area contributed by atoms with Crippen molar-refractivity contribution in [2.24, 2.45) is 29.6 Å². The van der Waals surface area contributed by atoms with Crippen LogP contribution in [0.15, 0.2) is 0 Å². The molecule has 0 aliphatic heterocycles. The Morgan fingerprint density at radius 1 is 0.429 bits per heavy atom. The number of hydrogen-bond acceptors (Lipinski definition) is 26. The van der Waals surface area contributed by atoms with Gasteiger partial charge in [-0.2, -0.15) is 0 Å². The third-order valence-electron chi connectivity index (χ3n) is 9.83. The Balaban J connectivity index is -0.0000000560. The Kier molecular flexibility index (Phi) is 135. The van der Waals surface area contributed by atoms with Gasteiger partial charge in [-0.15, -0.1) is 0 Å². The number of carbonyl (C=O) groups excluding carboxylic acids is 12. The Hall–Kier alpha value is -4.10. The van der Waals surface area contributed by atoms with E-state index in [2.05, 4.69) is 64.1 Å². The molecule has 36 nitrogen and oxygen atoms in total. The first-order valence-electron chi connectivity index (χ1n) is 25.8. The van der Waals surface area contributed by atoms with Gasteiger partial charge in [0.2, 0.25) is 23.6 Å². The average Bonchev–Trinajstić information content (AvgIpc) is 2.07. The number of esters is 2. The van der Waals surface area contributed by atoms with Crippen LogP contribution in [0.25, 0.3) is 0 Å². The Morgan fingerprint density at radius 2 is 0.633 bits per heavy atom. The number of ketones is 4. The number of ether oxygens (including phenoxy) is 2. The van der Waals surface area contributed by atoms with Gasteiger partial charge in [0.1, 0.15) is 29.6 Å². The summed E-state index contributed by atoms with van der Waals surface area (Å²) in [7, 11) is 0. The van der Waals surface area contributed by atoms with Crippen LogP contribution in [0.5, 0.6) is 0 Å². The number of carbonyl (C=O) groups is 16. The van der Waals surface area contributed by atoms with Crippen LogP contribution in [0.1, 0.15) is 165 Å². The van der Waals surface area contributed by atoms with Gasteiger partial charge >= 0.3 is 167 Å². The number of hydrogen-bond donors (Lipinski definition) is 14. The van der Waals surface area contributed by atoms with E-state index in [0.717, 1.165) is 11.8 Å². The van der Waals surface area contributed by atoms with Crippen molar-refractivity contribution < 1.29 is 228 Å². The zero-order valence-electron chi connectivity index (χ0n) is 54.6. The van der Waals surface area contributed by atoms with Crippen molar-refractivity contribution in [1.29, 1.82) is 0 Å². The number of amides is 4. The predicted molar refractivity (Wildman–Crippen MR) is 349 cm³/mol. The normalized spacial score (nSPS) is 8.71. The third-order valence-corrected chi connectivity index (χ3v) is 10.4. The molecule has 14 N–H and O–H groups in total. The molecule has 0 saturated carbocycles. The molecule has 0 saturated heterocycles. The number of Topliss-reactive ketones (excluding diaryl/α,β-unsaturated/α-hetero) is 4. The molecule has 0 atom stereocenters. The van der Waals surface area contributed by atoms with E-state index in [1.165, 1.54) is 62.2 Å². The van der Waals surface area contributed by atoms with Crippen molar-refractivity contribution in [2.75, 3.05) is 18.5 Å². The fraction of sp³-hybridized carbons (Fsp3) is 0.600. The van der Waals surface area contributed by atoms with Gasteiger partial charge in [0.25, 0.3) is 0 Å². The molecule has 0 unspecified atom stereocenters. The zero-order chi connectivity index (χ0) is 74.3. The summed E-state index contributed by atoms with van der Waals surface area (Å²) in [5.41, 5.74) is 5.65. The molecule has 0 spiro atoms. The molecule has 98 heavy (non-hydrogen) atoms. The number of rotatable bonds is 37. The summed E-state index contributed by atoms with van der Waals surface area (Å²) in [4.78, 5) is 188. The molecule has 0 aliphatic rings. The number of hydroxylamine groups is 4. The van der Waals surface area contributed by atoms with Crippen LogP contribution < -0.4 is 21.9 Å². The number of nitrogens with one attached hydrogen (secondary N) is 4. The minimum absolute atomic E-state index is 0. The summed E-state index contributed by atoms with van der Waals surface area (Å²) in [6, 6.07) is 0. The molecule has 0 bridgehead atoms. The summed E-state index contributed by atoms with van der Waals surface area (Å²) in [5, 5.41) is 83.3. The van der Waals surface area contributed by atoms with Gasteiger partial charge in [0, 0.05) is 43.9 Å². The summed E-state index contributed by atoms with van der Waals surface area (Å²) in [6.45, 7) is 9.37. The third kappa shape index (κ3) is 108. The second kappa shape index (κ2) is 99.3. The average molecular weight is 2260 g/mol. The zero-order valence-corrected chi connectivity index (χ0v) is 68.0. The smallest absolute Gasteiger partial charge is 2.00 e. The van der Waals surface area contributed by atoms with Crippen LogP contribution in [0, 0.1) is 59.3 Å². The largest absolute Gasteiger partial charge is 2.00 e. The topological polar surface area (TPSA) is 610 Å². The molecule has 0 fully saturated rings. The molecular weight excluding hydrogens is 2170 g/mol. The summed E-state index contributed by atoms with van der Waals surface area (Å²) in [6.07, 6.45) is 5.63. The molecule has 0 aromatic rings. The minimum atomic E-state index is -1.50. The van der Waals surface area contributed by atoms with Gasteiger partial charge in [-0.05, 0) is 106 Å². The van der Waals surface area contributed by atoms with Crippen LogP contribution in [0.3, 0.4) is 0 Å². The first-order chi connectivity index (χ1) is 43.0. The standard InChI is InChI=1S/C9H15NO4.C9H14O4.2C7H11NO6.C7H9NO4.C7H12O4.C4H7BrO2.CH4.4CH3.2Ag.2HI.2O.2Pt/c1-6(11)8(7(2)12)4-3-5-9(13)10-14;1-6(10)8(7(2)11)4-3-5-9(12)13;2*9-5(8-14)3-1-2-4(6(10)11)7(12)13;9-4-6(5-10)2-1-3-7(11)8-12;1-3-10-6(8)5-7(9)11-4-2;5-3-1-2-4(6)7;;;;;;;;;;;;;/h8,14H,3-5H2,1-2H3,(H,10,13);8H,3-5H2,1-2H3,(H,12,13);2*4,14H,1-3H2,(H,8,9)(H,10,11)(H,12,13);6,12H,1-3H2,(H,8,11);3-5H2,1-2H3;1-3H2,(H,6,7);1H4;4*1H3;;;2*1H;;;;/q;;;;-2;;;;4*-1;;;;;;;+2;+4/p-2. The summed E-state index contributed by atoms with van der Waals surface area (Å²) in [5.74, 6) is -16.6. The van der Waals surface area contributed by atoms with E-state index in [1.807, 2.05) is 0 Å². The van der Waals surface area contributed by atoms with E-state index in [0.29, 0.717) is 43.3 Å². The molecule has 43 heteroatoms. The van der Waals surface area contributed by atoms with Crippen molar-refractivity contribution >= 4 is 162 Å². The summed E-state index contributed by atoms with van der Waals surface area (Å²) >= 11 is 11.8. The van der Waals surface area contributed by atoms with Crippen molar-refractivity contribution in [3.63, 3.8) is 0 Å². The van der Waals surface area contributed by atoms with E-state index in [1.54, 1.807) is 55.9 Å². The predicted octanol–water partition coefficient (Wildman–Crippen LogP) is 5.59. The van der Waals surface area contributed by atoms with E-state index in [-0.39, 0.29) is 172 Å². The number of carboxylic acids is 6. The summed E-state index contributed by atoms with van der Waals surface area (Å²) < 4.78 is 25.2. The van der Waals surface area contributed by atoms with Crippen LogP contribution in [-0.4, -0.2) is 177 Å². The van der Waals surface area contributed by atoms with Gasteiger partial charge in [-0.3, -0.25) is 110 Å². The van der Waals surface area contributed by atoms with Gasteiger partial charge in [-0.1, -0.05) is 29.8 Å². The second-order valence-corrected chi connectivity index (χ2v) is 34.2. The minimum Gasteiger partial charge on any atom is 2.00 e. The molecule has 0 heterocycles. The van der Waals surface area contributed by atoms with Crippen LogP contribution >= 0.6 is 54.6 Å². The van der Waals surface area contributed by atoms with Crippen molar-refractivity contribution in [3.8, 4) is 0 Å². The Bertz CT molecular complexity index is 2000. The van der Waals surface area contributed by atoms with E-state index in [9.17, 15) is 86.3 Å². The number of carboxylic acid groups (broad SMARTS) is 6. The first kappa shape index (κ1) is 134. The molecule has 592 valence electrons. The van der Waals surface area contributed by atoms with Crippen LogP contribution in [-0.2, 0) is 177 Å². The maximum absolute atomic E-state index is 11.0. The maximum Gasteiger partial charge on any atom is 2.00 e. The van der Waals surface area contributed by atoms with Crippen molar-refractivity contribution in [1.82, 2.24) is 21.9 Å². The molecular formula is C55H95Ag2BrI2N4O32Pt2-2. The first-order valence-corrected chi connectivity index (χ1v) is 41.0. The number of halogens is 3. The van der Waals surface area contributed by atoms with Crippen LogP contribution in [0.4, 0.5) is 0 Å². The van der Waals surface area contributed by atoms with Gasteiger partial charge in [-0.25, -0.2) is 27.8 Å². The quantitative estimate of drug-likeness (QED) is 0.00526. The fourth-order valence-electron chi connectivity index (χ4n) is 5.54. The Morgan fingerprint density at radius 3 is 0.796 bits per heavy atom. The second-order valence-electron chi connectivity index (χ2n) is 16.8. The number of aliphatic carboxylic acids is 6. The monoisotopic (exact) mass is 2260 g/mol. The molecule has 0 radical (unpaired) electrons. The Labute approximate surface area is 648 Å². The molecule has 0 aromatic carbocycles. The van der Waals surface area contributed by atoms with Crippen molar-refractivity contribution in [3.05, 3.63) is 29.7 Å². The van der Waals surface area contributed by atoms with Crippen LogP contribution in [0.2, 0.25) is 0 Å². The molecule has 0 rings (SSSR count). The maximum atomic E-state index is 11.0. The molecule has 0 aromatic heterocycles. The SMILES string of the molecule is C.CC(=O)C(CCCC(=O)NO)C(C)=O.CC(=O)C(CCCC(=O)O)C(C)=O.CCOC(=O)CC(=O)OCC.O=C(CCCC(C(=O)O)C(=O)O)NO.O=C(CCCC(C(=O)O)C(=O)O)NO.O=C(O)CCCBr.O=[C-]C([C-]=O)CCCC(=O)NO.[CH3-].[CH3-].[CH3-].[CH3-].[I][Pt+2][I].[O]=[Ag].[O]=[Ag].[Pt+2]. The van der Waals surface area contributed by atoms with E-state index in [4.69, 9.17) is 58.0 Å². The van der Waals surface area contributed by atoms with E-state index < -0.39 is 101 Å². The van der Waals surface area contributed by atoms with Crippen molar-refractivity contribution in [2.45, 2.75) is 165 Å². The number of alkyl halides is 1. The van der Waals surface area contributed by atoms with Gasteiger partial charge in [0.15, 0.2) is 11.8 Å². The van der Waals surface area contributed by atoms with Gasteiger partial charge < -0.3 is 79.4 Å². The molecule has 0 aliphatic carbocycles. The van der Waals surface area contributed by atoms with Gasteiger partial charge in [0.05, 0.1) is 25.0 Å². The van der Waals surface area contributed by atoms with E-state index >= 15 is 0 Å².